The minimum Gasteiger partial charge on any atom is -0.465 e. The molecule has 5 heteroatoms. The summed E-state index contributed by atoms with van der Waals surface area (Å²) in [6.07, 6.45) is 2.18. The van der Waals surface area contributed by atoms with Crippen LogP contribution in [0.5, 0.6) is 0 Å². The van der Waals surface area contributed by atoms with Gasteiger partial charge in [0.15, 0.2) is 0 Å². The average molecular weight is 264 g/mol. The van der Waals surface area contributed by atoms with E-state index in [2.05, 4.69) is 12.2 Å². The summed E-state index contributed by atoms with van der Waals surface area (Å²) in [5.74, 6) is -0.415. The molecule has 0 aromatic heterocycles. The van der Waals surface area contributed by atoms with Gasteiger partial charge >= 0.3 is 5.97 Å². The number of carbonyl (C=O) groups is 1. The number of nitrogens with two attached hydrogens (primary N) is 1. The lowest BCUT2D eigenvalue weighted by atomic mass is 10.0. The molecular weight excluding hydrogens is 244 g/mol. The lowest BCUT2D eigenvalue weighted by molar-refractivity contribution is 0.0232. The molecule has 2 rings (SSSR count). The van der Waals surface area contributed by atoms with Crippen molar-refractivity contribution in [3.63, 3.8) is 0 Å². The second kappa shape index (κ2) is 5.93. The molecule has 0 bridgehead atoms. The molecule has 0 amide bonds. The van der Waals surface area contributed by atoms with Gasteiger partial charge in [-0.15, -0.1) is 0 Å². The van der Waals surface area contributed by atoms with Crippen LogP contribution in [0.15, 0.2) is 18.2 Å². The minimum absolute atomic E-state index is 0.264. The van der Waals surface area contributed by atoms with Crippen molar-refractivity contribution in [1.82, 2.24) is 0 Å². The Bertz CT molecular complexity index is 462. The molecule has 1 fully saturated rings. The van der Waals surface area contributed by atoms with E-state index < -0.39 is 5.97 Å². The van der Waals surface area contributed by atoms with Crippen molar-refractivity contribution in [3.05, 3.63) is 23.8 Å². The van der Waals surface area contributed by atoms with E-state index in [1.165, 1.54) is 7.11 Å². The summed E-state index contributed by atoms with van der Waals surface area (Å²) >= 11 is 0. The molecule has 2 atom stereocenters. The third-order valence-electron chi connectivity index (χ3n) is 3.31. The second-order valence-corrected chi connectivity index (χ2v) is 4.84. The van der Waals surface area contributed by atoms with E-state index in [4.69, 9.17) is 15.2 Å². The Morgan fingerprint density at radius 3 is 3.00 bits per heavy atom. The van der Waals surface area contributed by atoms with Crippen LogP contribution in [0, 0.1) is 0 Å². The van der Waals surface area contributed by atoms with E-state index in [0.29, 0.717) is 17.3 Å². The summed E-state index contributed by atoms with van der Waals surface area (Å²) < 4.78 is 10.2. The quantitative estimate of drug-likeness (QED) is 0.645. The van der Waals surface area contributed by atoms with Gasteiger partial charge in [-0.2, -0.15) is 0 Å². The number of rotatable bonds is 3. The lowest BCUT2D eigenvalue weighted by Crippen LogP contribution is -2.32. The largest absolute Gasteiger partial charge is 0.465 e. The van der Waals surface area contributed by atoms with Crippen molar-refractivity contribution in [2.24, 2.45) is 0 Å². The van der Waals surface area contributed by atoms with Crippen LogP contribution < -0.4 is 11.1 Å². The smallest absolute Gasteiger partial charge is 0.340 e. The van der Waals surface area contributed by atoms with E-state index in [0.717, 1.165) is 25.1 Å². The highest BCUT2D eigenvalue weighted by molar-refractivity contribution is 5.96. The number of benzene rings is 1. The van der Waals surface area contributed by atoms with E-state index in [1.807, 2.05) is 6.07 Å². The van der Waals surface area contributed by atoms with Gasteiger partial charge in [0, 0.05) is 24.0 Å². The summed E-state index contributed by atoms with van der Waals surface area (Å²) in [5.41, 5.74) is 7.48. The van der Waals surface area contributed by atoms with Crippen LogP contribution in [0.1, 0.15) is 30.1 Å². The molecule has 1 heterocycles. The molecule has 1 aliphatic heterocycles. The van der Waals surface area contributed by atoms with Gasteiger partial charge in [-0.1, -0.05) is 0 Å². The number of methoxy groups -OCH3 is 1. The van der Waals surface area contributed by atoms with Crippen LogP contribution in [0.25, 0.3) is 0 Å². The minimum atomic E-state index is -0.415. The van der Waals surface area contributed by atoms with Crippen LogP contribution in [-0.2, 0) is 9.47 Å². The fraction of sp³-hybridized carbons (Fsp3) is 0.500. The Labute approximate surface area is 113 Å². The maximum atomic E-state index is 11.6. The molecule has 2 unspecified atom stereocenters. The SMILES string of the molecule is COC(=O)c1cc(NC2CCOC(C)C2)ccc1N. The summed E-state index contributed by atoms with van der Waals surface area (Å²) in [4.78, 5) is 11.6. The van der Waals surface area contributed by atoms with Crippen LogP contribution >= 0.6 is 0 Å². The molecule has 1 saturated heterocycles. The molecule has 1 aliphatic rings. The van der Waals surface area contributed by atoms with Gasteiger partial charge in [-0.3, -0.25) is 0 Å². The normalized spacial score (nSPS) is 22.8. The van der Waals surface area contributed by atoms with E-state index >= 15 is 0 Å². The van der Waals surface area contributed by atoms with Crippen molar-refractivity contribution >= 4 is 17.3 Å². The van der Waals surface area contributed by atoms with Gasteiger partial charge in [0.05, 0.1) is 18.8 Å². The molecule has 104 valence electrons. The monoisotopic (exact) mass is 264 g/mol. The lowest BCUT2D eigenvalue weighted by Gasteiger charge is -2.28. The van der Waals surface area contributed by atoms with E-state index in [-0.39, 0.29) is 6.10 Å². The zero-order chi connectivity index (χ0) is 13.8. The number of ether oxygens (including phenoxy) is 2. The van der Waals surface area contributed by atoms with Gasteiger partial charge in [-0.05, 0) is 38.0 Å². The summed E-state index contributed by atoms with van der Waals surface area (Å²) in [5, 5.41) is 3.41. The standard InChI is InChI=1S/C14H20N2O3/c1-9-7-11(5-6-19-9)16-10-3-4-13(15)12(8-10)14(17)18-2/h3-4,8-9,11,16H,5-7,15H2,1-2H3. The zero-order valence-corrected chi connectivity index (χ0v) is 11.3. The van der Waals surface area contributed by atoms with Gasteiger partial charge in [0.2, 0.25) is 0 Å². The van der Waals surface area contributed by atoms with Crippen molar-refractivity contribution < 1.29 is 14.3 Å². The number of carbonyl (C=O) groups excluding carboxylic acids is 1. The first-order valence-electron chi connectivity index (χ1n) is 6.46. The average Bonchev–Trinajstić information content (AvgIpc) is 2.40. The molecule has 1 aromatic rings. The topological polar surface area (TPSA) is 73.6 Å². The van der Waals surface area contributed by atoms with Crippen LogP contribution in [0.4, 0.5) is 11.4 Å². The van der Waals surface area contributed by atoms with Gasteiger partial charge in [0.1, 0.15) is 0 Å². The van der Waals surface area contributed by atoms with Crippen molar-refractivity contribution in [1.29, 1.82) is 0 Å². The molecule has 0 spiro atoms. The number of hydrogen-bond donors (Lipinski definition) is 2. The Morgan fingerprint density at radius 2 is 2.32 bits per heavy atom. The van der Waals surface area contributed by atoms with Gasteiger partial charge < -0.3 is 20.5 Å². The van der Waals surface area contributed by atoms with Crippen LogP contribution in [0.2, 0.25) is 0 Å². The highest BCUT2D eigenvalue weighted by Crippen LogP contribution is 2.22. The summed E-state index contributed by atoms with van der Waals surface area (Å²) in [7, 11) is 1.35. The maximum absolute atomic E-state index is 11.6. The maximum Gasteiger partial charge on any atom is 0.340 e. The predicted molar refractivity (Wildman–Crippen MR) is 74.3 cm³/mol. The fourth-order valence-electron chi connectivity index (χ4n) is 2.30. The number of nitrogens with one attached hydrogen (secondary N) is 1. The Hall–Kier alpha value is -1.75. The Kier molecular flexibility index (Phi) is 4.27. The van der Waals surface area contributed by atoms with Gasteiger partial charge in [-0.25, -0.2) is 4.79 Å². The number of anilines is 2. The highest BCUT2D eigenvalue weighted by Gasteiger charge is 2.19. The molecule has 5 nitrogen and oxygen atoms in total. The van der Waals surface area contributed by atoms with E-state index in [9.17, 15) is 4.79 Å². The molecule has 1 aromatic carbocycles. The van der Waals surface area contributed by atoms with Crippen LogP contribution in [0.3, 0.4) is 0 Å². The summed E-state index contributed by atoms with van der Waals surface area (Å²) in [6.45, 7) is 2.83. The number of nitrogen functional groups attached to an aromatic ring is 1. The Balaban J connectivity index is 2.10. The molecular formula is C14H20N2O3. The third kappa shape index (κ3) is 3.38. The molecule has 0 saturated carbocycles. The first-order chi connectivity index (χ1) is 9.10. The zero-order valence-electron chi connectivity index (χ0n) is 11.3. The molecule has 3 N–H and O–H groups in total. The van der Waals surface area contributed by atoms with Crippen molar-refractivity contribution in [2.45, 2.75) is 31.9 Å². The van der Waals surface area contributed by atoms with E-state index in [1.54, 1.807) is 12.1 Å². The first kappa shape index (κ1) is 13.7. The predicted octanol–water partition coefficient (Wildman–Crippen LogP) is 2.03. The second-order valence-electron chi connectivity index (χ2n) is 4.84. The summed E-state index contributed by atoms with van der Waals surface area (Å²) in [6, 6.07) is 5.69. The van der Waals surface area contributed by atoms with Crippen LogP contribution in [-0.4, -0.2) is 31.8 Å². The molecule has 0 aliphatic carbocycles. The molecule has 0 radical (unpaired) electrons. The van der Waals surface area contributed by atoms with Gasteiger partial charge in [0.25, 0.3) is 0 Å². The number of hydrogen-bond acceptors (Lipinski definition) is 5. The first-order valence-corrected chi connectivity index (χ1v) is 6.46. The van der Waals surface area contributed by atoms with Crippen molar-refractivity contribution in [2.75, 3.05) is 24.8 Å². The third-order valence-corrected chi connectivity index (χ3v) is 3.31. The fourth-order valence-corrected chi connectivity index (χ4v) is 2.30. The number of esters is 1. The Morgan fingerprint density at radius 1 is 1.53 bits per heavy atom. The highest BCUT2D eigenvalue weighted by atomic mass is 16.5. The van der Waals surface area contributed by atoms with Crippen molar-refractivity contribution in [3.8, 4) is 0 Å². The molecule has 19 heavy (non-hydrogen) atoms.